The Labute approximate surface area is 120 Å². The average Bonchev–Trinajstić information content (AvgIpc) is 2.47. The van der Waals surface area contributed by atoms with Gasteiger partial charge in [-0.1, -0.05) is 35.9 Å². The van der Waals surface area contributed by atoms with E-state index >= 15 is 0 Å². The van der Waals surface area contributed by atoms with E-state index in [0.717, 1.165) is 5.56 Å². The van der Waals surface area contributed by atoms with E-state index in [2.05, 4.69) is 0 Å². The maximum absolute atomic E-state index is 12.3. The smallest absolute Gasteiger partial charge is 0.242 e. The van der Waals surface area contributed by atoms with E-state index in [1.54, 1.807) is 42.5 Å². The van der Waals surface area contributed by atoms with Crippen LogP contribution in [0.25, 0.3) is 0 Å². The lowest BCUT2D eigenvalue weighted by Gasteiger charge is -2.15. The Morgan fingerprint density at radius 1 is 1.00 bits per heavy atom. The molecule has 0 spiro atoms. The number of hydrogen-bond donors (Lipinski definition) is 1. The van der Waals surface area contributed by atoms with Crippen molar-refractivity contribution < 1.29 is 12.6 Å². The minimum absolute atomic E-state index is 0.00915. The summed E-state index contributed by atoms with van der Waals surface area (Å²) in [7, 11) is -5.97. The molecule has 2 rings (SSSR count). The zero-order valence-corrected chi connectivity index (χ0v) is 12.4. The Hall–Kier alpha value is -1.54. The summed E-state index contributed by atoms with van der Waals surface area (Å²) >= 11 is 0. The maximum atomic E-state index is 12.3. The number of nitrogens with zero attached hydrogens (tertiary/aromatic N) is 1. The van der Waals surface area contributed by atoms with Gasteiger partial charge >= 0.3 is 0 Å². The van der Waals surface area contributed by atoms with Gasteiger partial charge in [0.05, 0.1) is 9.79 Å². The minimum atomic E-state index is -3.99. The van der Waals surface area contributed by atoms with Crippen LogP contribution in [0.1, 0.15) is 5.56 Å². The quantitative estimate of drug-likeness (QED) is 0.687. The number of nitrogens with two attached hydrogens (primary N) is 1. The molecule has 0 saturated heterocycles. The first-order valence-electron chi connectivity index (χ1n) is 5.76. The van der Waals surface area contributed by atoms with Crippen molar-refractivity contribution in [3.63, 3.8) is 0 Å². The molecule has 5 nitrogen and oxygen atoms in total. The highest BCUT2D eigenvalue weighted by molar-refractivity contribution is 8.01. The maximum Gasteiger partial charge on any atom is 0.267 e. The van der Waals surface area contributed by atoms with Crippen molar-refractivity contribution in [2.75, 3.05) is 0 Å². The van der Waals surface area contributed by atoms with Crippen LogP contribution in [0, 0.1) is 6.92 Å². The van der Waals surface area contributed by atoms with Gasteiger partial charge in [-0.05, 0) is 35.0 Å². The second-order valence-corrected chi connectivity index (χ2v) is 7.54. The Morgan fingerprint density at radius 3 is 2.10 bits per heavy atom. The molecule has 106 valence electrons. The Morgan fingerprint density at radius 2 is 1.55 bits per heavy atom. The lowest BCUT2D eigenvalue weighted by atomic mass is 10.2. The topological polar surface area (TPSA) is 80.5 Å². The zero-order chi connectivity index (χ0) is 14.8. The third kappa shape index (κ3) is 2.96. The number of benzene rings is 2. The molecule has 2 aromatic rings. The molecule has 0 aliphatic rings. The fourth-order valence-electron chi connectivity index (χ4n) is 1.54. The highest BCUT2D eigenvalue weighted by Crippen LogP contribution is 2.18. The van der Waals surface area contributed by atoms with Crippen LogP contribution in [0.5, 0.6) is 0 Å². The van der Waals surface area contributed by atoms with E-state index in [-0.39, 0.29) is 4.90 Å². The van der Waals surface area contributed by atoms with Crippen molar-refractivity contribution in [3.05, 3.63) is 60.2 Å². The normalized spacial score (nSPS) is 13.3. The molecule has 0 aromatic heterocycles. The second-order valence-electron chi connectivity index (χ2n) is 4.14. The fourth-order valence-corrected chi connectivity index (χ4v) is 4.06. The van der Waals surface area contributed by atoms with E-state index in [1.807, 2.05) is 6.92 Å². The van der Waals surface area contributed by atoms with Gasteiger partial charge in [0.25, 0.3) is 10.0 Å². The molecule has 20 heavy (non-hydrogen) atoms. The SMILES string of the molecule is Cc1ccc(S(=O)(=O)N(N)S(=O)c2ccccc2)cc1. The summed E-state index contributed by atoms with van der Waals surface area (Å²) in [4.78, 5) is 0.334. The first-order valence-corrected chi connectivity index (χ1v) is 8.31. The molecule has 0 heterocycles. The number of aryl methyl sites for hydroxylation is 1. The molecule has 7 heteroatoms. The predicted octanol–water partition coefficient (Wildman–Crippen LogP) is 1.58. The first-order chi connectivity index (χ1) is 9.43. The van der Waals surface area contributed by atoms with Gasteiger partial charge in [0.2, 0.25) is 0 Å². The van der Waals surface area contributed by atoms with Crippen LogP contribution in [-0.4, -0.2) is 16.4 Å². The van der Waals surface area contributed by atoms with Crippen molar-refractivity contribution in [2.45, 2.75) is 16.7 Å². The molecule has 2 aromatic carbocycles. The molecule has 2 N–H and O–H groups in total. The Kier molecular flexibility index (Phi) is 4.34. The van der Waals surface area contributed by atoms with Gasteiger partial charge in [-0.3, -0.25) is 0 Å². The Balaban J connectivity index is 2.35. The Bertz CT molecular complexity index is 713. The van der Waals surface area contributed by atoms with E-state index in [9.17, 15) is 12.6 Å². The van der Waals surface area contributed by atoms with Gasteiger partial charge < -0.3 is 0 Å². The molecule has 1 atom stereocenters. The average molecular weight is 310 g/mol. The molecule has 0 bridgehead atoms. The summed E-state index contributed by atoms with van der Waals surface area (Å²) in [6.45, 7) is 1.85. The monoisotopic (exact) mass is 310 g/mol. The number of hydrazine groups is 1. The molecule has 0 amide bonds. The van der Waals surface area contributed by atoms with Crippen LogP contribution >= 0.6 is 0 Å². The van der Waals surface area contributed by atoms with Crippen molar-refractivity contribution in [3.8, 4) is 0 Å². The summed E-state index contributed by atoms with van der Waals surface area (Å²) in [5.74, 6) is 5.54. The molecule has 1 unspecified atom stereocenters. The lowest BCUT2D eigenvalue weighted by molar-refractivity contribution is 0.538. The molecule has 0 aliphatic heterocycles. The summed E-state index contributed by atoms with van der Waals surface area (Å²) in [5.41, 5.74) is 0.928. The fraction of sp³-hybridized carbons (Fsp3) is 0.0769. The summed E-state index contributed by atoms with van der Waals surface area (Å²) < 4.78 is 37.1. The van der Waals surface area contributed by atoms with E-state index in [0.29, 0.717) is 8.72 Å². The van der Waals surface area contributed by atoms with Gasteiger partial charge in [0.1, 0.15) is 0 Å². The second kappa shape index (κ2) is 5.84. The van der Waals surface area contributed by atoms with E-state index < -0.39 is 21.0 Å². The summed E-state index contributed by atoms with van der Waals surface area (Å²) in [6, 6.07) is 14.4. The standard InChI is InChI=1S/C13H14N2O3S2/c1-11-7-9-13(10-8-11)20(17,18)15(14)19(16)12-5-3-2-4-6-12/h2-10H,14H2,1H3. The lowest BCUT2D eigenvalue weighted by Crippen LogP contribution is -2.38. The number of rotatable bonds is 4. The van der Waals surface area contributed by atoms with Gasteiger partial charge in [-0.15, -0.1) is 0 Å². The first kappa shape index (κ1) is 14.9. The van der Waals surface area contributed by atoms with Crippen LogP contribution < -0.4 is 5.84 Å². The van der Waals surface area contributed by atoms with Gasteiger partial charge in [0.15, 0.2) is 11.0 Å². The summed E-state index contributed by atoms with van der Waals surface area (Å²) in [5, 5.41) is 0. The predicted molar refractivity (Wildman–Crippen MR) is 77.2 cm³/mol. The highest BCUT2D eigenvalue weighted by atomic mass is 32.3. The number of hydrogen-bond acceptors (Lipinski definition) is 4. The van der Waals surface area contributed by atoms with Gasteiger partial charge in [-0.25, -0.2) is 18.5 Å². The molecule has 0 radical (unpaired) electrons. The van der Waals surface area contributed by atoms with E-state index in [4.69, 9.17) is 5.84 Å². The van der Waals surface area contributed by atoms with Crippen LogP contribution in [-0.2, 0) is 21.0 Å². The van der Waals surface area contributed by atoms with Crippen LogP contribution in [0.4, 0.5) is 0 Å². The van der Waals surface area contributed by atoms with Gasteiger partial charge in [0, 0.05) is 0 Å². The van der Waals surface area contributed by atoms with Crippen molar-refractivity contribution in [1.82, 2.24) is 3.82 Å². The van der Waals surface area contributed by atoms with Gasteiger partial charge in [-0.2, -0.15) is 0 Å². The third-order valence-electron chi connectivity index (χ3n) is 2.66. The molecule has 0 fully saturated rings. The molecular weight excluding hydrogens is 296 g/mol. The number of sulfonamides is 1. The van der Waals surface area contributed by atoms with Crippen molar-refractivity contribution in [1.29, 1.82) is 0 Å². The van der Waals surface area contributed by atoms with Crippen LogP contribution in [0.3, 0.4) is 0 Å². The zero-order valence-electron chi connectivity index (χ0n) is 10.8. The third-order valence-corrected chi connectivity index (χ3v) is 6.00. The molecule has 0 saturated carbocycles. The van der Waals surface area contributed by atoms with E-state index in [1.165, 1.54) is 12.1 Å². The highest BCUT2D eigenvalue weighted by Gasteiger charge is 2.27. The molecular formula is C13H14N2O3S2. The van der Waals surface area contributed by atoms with Crippen LogP contribution in [0.15, 0.2) is 64.4 Å². The van der Waals surface area contributed by atoms with Crippen molar-refractivity contribution in [2.24, 2.45) is 5.84 Å². The van der Waals surface area contributed by atoms with Crippen molar-refractivity contribution >= 4 is 21.0 Å². The largest absolute Gasteiger partial charge is 0.267 e. The molecule has 0 aliphatic carbocycles. The summed E-state index contributed by atoms with van der Waals surface area (Å²) in [6.07, 6.45) is 0. The minimum Gasteiger partial charge on any atom is -0.242 e. The van der Waals surface area contributed by atoms with Crippen LogP contribution in [0.2, 0.25) is 0 Å².